The summed E-state index contributed by atoms with van der Waals surface area (Å²) in [6.45, 7) is 0. The Morgan fingerprint density at radius 1 is 0.323 bits per heavy atom. The zero-order chi connectivity index (χ0) is 42.3. The van der Waals surface area contributed by atoms with Crippen molar-refractivity contribution in [3.8, 4) is 44.9 Å². The summed E-state index contributed by atoms with van der Waals surface area (Å²) in [5.74, 6) is 0.587. The zero-order valence-electron chi connectivity index (χ0n) is 34.3. The lowest BCUT2D eigenvalue weighted by Crippen LogP contribution is -1.94. The Bertz CT molecular complexity index is 4500. The van der Waals surface area contributed by atoms with E-state index in [9.17, 15) is 0 Å². The molecule has 0 aliphatic heterocycles. The third-order valence-electron chi connectivity index (χ3n) is 13.1. The lowest BCUT2D eigenvalue weighted by atomic mass is 10.00. The first-order valence-electron chi connectivity index (χ1n) is 21.6. The molecule has 0 saturated carbocycles. The lowest BCUT2D eigenvalue weighted by Gasteiger charge is -2.08. The van der Waals surface area contributed by atoms with Gasteiger partial charge in [-0.05, 0) is 113 Å². The van der Waals surface area contributed by atoms with Crippen LogP contribution in [0.1, 0.15) is 0 Å². The molecule has 0 aliphatic carbocycles. The molecule has 0 N–H and O–H groups in total. The molecular formula is C58H30N2O4S. The van der Waals surface area contributed by atoms with E-state index in [-0.39, 0.29) is 0 Å². The maximum atomic E-state index is 6.91. The molecule has 0 unspecified atom stereocenters. The smallest absolute Gasteiger partial charge is 0.180 e. The van der Waals surface area contributed by atoms with Crippen LogP contribution in [-0.2, 0) is 0 Å². The van der Waals surface area contributed by atoms with Crippen molar-refractivity contribution >= 4 is 119 Å². The van der Waals surface area contributed by atoms with Gasteiger partial charge >= 0.3 is 0 Å². The topological polar surface area (TPSA) is 78.3 Å². The number of aromatic nitrogens is 2. The largest absolute Gasteiger partial charge is 0.456 e. The van der Waals surface area contributed by atoms with Gasteiger partial charge in [0, 0.05) is 69.0 Å². The summed E-state index contributed by atoms with van der Waals surface area (Å²) >= 11 is 1.83. The highest BCUT2D eigenvalue weighted by Crippen LogP contribution is 2.44. The van der Waals surface area contributed by atoms with E-state index in [1.807, 2.05) is 65.9 Å². The van der Waals surface area contributed by atoms with Crippen molar-refractivity contribution in [2.75, 3.05) is 0 Å². The second-order valence-corrected chi connectivity index (χ2v) is 17.9. The molecule has 0 saturated heterocycles. The van der Waals surface area contributed by atoms with Crippen LogP contribution in [0.5, 0.6) is 0 Å². The first kappa shape index (κ1) is 35.0. The van der Waals surface area contributed by atoms with Crippen LogP contribution in [0.15, 0.2) is 200 Å². The van der Waals surface area contributed by atoms with Gasteiger partial charge in [0.15, 0.2) is 11.4 Å². The predicted molar refractivity (Wildman–Crippen MR) is 266 cm³/mol. The number of fused-ring (bicyclic) bond motifs is 15. The lowest BCUT2D eigenvalue weighted by molar-refractivity contribution is 0.667. The molecule has 0 aliphatic rings. The van der Waals surface area contributed by atoms with Gasteiger partial charge in [-0.1, -0.05) is 91.0 Å². The number of nitrogens with zero attached hydrogens (tertiary/aromatic N) is 2. The number of benzene rings is 9. The summed E-state index contributed by atoms with van der Waals surface area (Å²) in [5, 5.41) is 9.65. The number of hydrogen-bond donors (Lipinski definition) is 0. The SMILES string of the molecule is c1ccc2c(c1)oc1ccc(-c3ccc4oc5ccc(-c6nc(-c7cccc8oc9ccccc9c78)c7oc8cc(-c9ccc%10sc%11ccccc%11c%10c9)ccc8c7n6)cc5c4c3)cc12. The minimum Gasteiger partial charge on any atom is -0.456 e. The summed E-state index contributed by atoms with van der Waals surface area (Å²) in [6, 6.07) is 63.3. The summed E-state index contributed by atoms with van der Waals surface area (Å²) in [6.07, 6.45) is 0. The van der Waals surface area contributed by atoms with Crippen LogP contribution in [0.3, 0.4) is 0 Å². The Labute approximate surface area is 372 Å². The third-order valence-corrected chi connectivity index (χ3v) is 14.3. The Balaban J connectivity index is 0.924. The molecule has 15 rings (SSSR count). The normalized spacial score (nSPS) is 12.3. The summed E-state index contributed by atoms with van der Waals surface area (Å²) in [7, 11) is 0. The molecule has 0 bridgehead atoms. The van der Waals surface area contributed by atoms with Crippen molar-refractivity contribution in [3.05, 3.63) is 182 Å². The standard InChI is InChI=1S/C58H30N2O4S/c1-4-12-45-36(8-1)41-26-31(17-22-47(41)61-45)32-18-23-48-42(27-32)43-29-35(19-24-49(43)62-48)58-59-55-39-21-16-34(33-20-25-53-44(28-33)37-9-3-6-15-52(37)65-53)30-51(39)64-57(55)56(60-58)40-11-7-14-50-54(40)38-10-2-5-13-46(38)63-50/h1-30H. The Morgan fingerprint density at radius 3 is 1.65 bits per heavy atom. The molecule has 0 spiro atoms. The average molecular weight is 851 g/mol. The highest BCUT2D eigenvalue weighted by molar-refractivity contribution is 7.25. The van der Waals surface area contributed by atoms with Gasteiger partial charge in [0.2, 0.25) is 0 Å². The van der Waals surface area contributed by atoms with E-state index in [4.69, 9.17) is 27.6 Å². The van der Waals surface area contributed by atoms with Gasteiger partial charge in [0.25, 0.3) is 0 Å². The molecule has 9 aromatic carbocycles. The van der Waals surface area contributed by atoms with Gasteiger partial charge < -0.3 is 17.7 Å². The van der Waals surface area contributed by atoms with E-state index >= 15 is 0 Å². The van der Waals surface area contributed by atoms with E-state index in [1.165, 1.54) is 20.2 Å². The maximum Gasteiger partial charge on any atom is 0.180 e. The molecule has 6 heterocycles. The Kier molecular flexibility index (Phi) is 7.01. The van der Waals surface area contributed by atoms with Gasteiger partial charge in [-0.3, -0.25) is 0 Å². The highest BCUT2D eigenvalue weighted by atomic mass is 32.1. The summed E-state index contributed by atoms with van der Waals surface area (Å²) in [4.78, 5) is 10.8. The molecule has 65 heavy (non-hydrogen) atoms. The van der Waals surface area contributed by atoms with Gasteiger partial charge in [-0.15, -0.1) is 11.3 Å². The zero-order valence-corrected chi connectivity index (χ0v) is 35.1. The predicted octanol–water partition coefficient (Wildman–Crippen LogP) is 17.1. The van der Waals surface area contributed by atoms with Gasteiger partial charge in [-0.2, -0.15) is 0 Å². The first-order chi connectivity index (χ1) is 32.1. The van der Waals surface area contributed by atoms with Crippen LogP contribution in [0.25, 0.3) is 153 Å². The average Bonchev–Trinajstić information content (AvgIpc) is 4.18. The number of para-hydroxylation sites is 2. The number of hydrogen-bond acceptors (Lipinski definition) is 7. The number of thiophene rings is 1. The fourth-order valence-corrected chi connectivity index (χ4v) is 11.1. The number of rotatable bonds is 4. The quantitative estimate of drug-likeness (QED) is 0.175. The van der Waals surface area contributed by atoms with E-state index in [1.54, 1.807) is 0 Å². The second kappa shape index (κ2) is 13.0. The summed E-state index contributed by atoms with van der Waals surface area (Å²) < 4.78 is 28.4. The van der Waals surface area contributed by atoms with Gasteiger partial charge in [-0.25, -0.2) is 9.97 Å². The fraction of sp³-hybridized carbons (Fsp3) is 0. The molecular weight excluding hydrogens is 821 g/mol. The summed E-state index contributed by atoms with van der Waals surface area (Å²) in [5.41, 5.74) is 14.0. The molecule has 6 nitrogen and oxygen atoms in total. The Hall–Kier alpha value is -8.52. The third kappa shape index (κ3) is 5.15. The molecule has 0 radical (unpaired) electrons. The van der Waals surface area contributed by atoms with Crippen molar-refractivity contribution in [1.29, 1.82) is 0 Å². The van der Waals surface area contributed by atoms with Gasteiger partial charge in [0.05, 0.1) is 0 Å². The van der Waals surface area contributed by atoms with Crippen LogP contribution < -0.4 is 0 Å². The monoisotopic (exact) mass is 850 g/mol. The Morgan fingerprint density at radius 2 is 0.862 bits per heavy atom. The van der Waals surface area contributed by atoms with E-state index in [0.29, 0.717) is 17.1 Å². The molecule has 15 aromatic rings. The fourth-order valence-electron chi connectivity index (χ4n) is 10.0. The van der Waals surface area contributed by atoms with Crippen LogP contribution in [0.2, 0.25) is 0 Å². The van der Waals surface area contributed by atoms with E-state index in [0.717, 1.165) is 116 Å². The molecule has 0 fully saturated rings. The van der Waals surface area contributed by atoms with Crippen molar-refractivity contribution in [2.45, 2.75) is 0 Å². The number of furan rings is 4. The minimum absolute atomic E-state index is 0.587. The highest BCUT2D eigenvalue weighted by Gasteiger charge is 2.23. The van der Waals surface area contributed by atoms with Crippen molar-refractivity contribution in [2.24, 2.45) is 0 Å². The second-order valence-electron chi connectivity index (χ2n) is 16.8. The van der Waals surface area contributed by atoms with Gasteiger partial charge in [0.1, 0.15) is 50.3 Å². The van der Waals surface area contributed by atoms with Crippen LogP contribution >= 0.6 is 11.3 Å². The first-order valence-corrected chi connectivity index (χ1v) is 22.4. The maximum absolute atomic E-state index is 6.91. The van der Waals surface area contributed by atoms with Crippen molar-refractivity contribution in [1.82, 2.24) is 9.97 Å². The van der Waals surface area contributed by atoms with Crippen molar-refractivity contribution in [3.63, 3.8) is 0 Å². The minimum atomic E-state index is 0.587. The van der Waals surface area contributed by atoms with Crippen molar-refractivity contribution < 1.29 is 17.7 Å². The molecule has 7 heteroatoms. The molecule has 6 aromatic heterocycles. The molecule has 302 valence electrons. The van der Waals surface area contributed by atoms with Crippen LogP contribution in [0, 0.1) is 0 Å². The van der Waals surface area contributed by atoms with E-state index in [2.05, 4.69) is 127 Å². The van der Waals surface area contributed by atoms with E-state index < -0.39 is 0 Å². The van der Waals surface area contributed by atoms with Crippen LogP contribution in [-0.4, -0.2) is 9.97 Å². The van der Waals surface area contributed by atoms with Crippen LogP contribution in [0.4, 0.5) is 0 Å². The molecule has 0 amide bonds. The molecule has 0 atom stereocenters.